The Morgan fingerprint density at radius 3 is 2.65 bits per heavy atom. The highest BCUT2D eigenvalue weighted by Crippen LogP contribution is 2.40. The number of nitrogens with one attached hydrogen (secondary N) is 2. The number of carbonyl (C=O) groups is 2. The van der Waals surface area contributed by atoms with E-state index >= 15 is 0 Å². The standard InChI is InChI=1S/C23H28N4O3S/c1-3-4-11-17(23(29)30)27-18(28)12-8-13-24-21-20-19(16-9-6-5-7-10-16)15(2)31-22(20)26-14-25-21/h5-7,9-10,14,17H,3-4,8,11-13H2,1-2H3,(H,27,28)(H,29,30)(H,24,25,26). The third kappa shape index (κ3) is 5.79. The third-order valence-corrected chi connectivity index (χ3v) is 6.09. The van der Waals surface area contributed by atoms with Crippen molar-refractivity contribution in [1.29, 1.82) is 0 Å². The normalized spacial score (nSPS) is 11.9. The molecule has 0 aliphatic carbocycles. The van der Waals surface area contributed by atoms with Crippen molar-refractivity contribution >= 4 is 39.2 Å². The molecule has 2 heterocycles. The van der Waals surface area contributed by atoms with Crippen LogP contribution in [0.1, 0.15) is 43.9 Å². The maximum absolute atomic E-state index is 12.2. The molecule has 3 N–H and O–H groups in total. The van der Waals surface area contributed by atoms with Gasteiger partial charge >= 0.3 is 5.97 Å². The monoisotopic (exact) mass is 440 g/mol. The van der Waals surface area contributed by atoms with Gasteiger partial charge in [-0.15, -0.1) is 11.3 Å². The Morgan fingerprint density at radius 2 is 1.94 bits per heavy atom. The van der Waals surface area contributed by atoms with Crippen molar-refractivity contribution < 1.29 is 14.7 Å². The van der Waals surface area contributed by atoms with Crippen LogP contribution in [0, 0.1) is 6.92 Å². The van der Waals surface area contributed by atoms with Crippen LogP contribution in [-0.4, -0.2) is 39.5 Å². The summed E-state index contributed by atoms with van der Waals surface area (Å²) < 4.78 is 0. The Bertz CT molecular complexity index is 1040. The number of anilines is 1. The largest absolute Gasteiger partial charge is 0.480 e. The summed E-state index contributed by atoms with van der Waals surface area (Å²) >= 11 is 1.64. The molecule has 0 fully saturated rings. The number of hydrogen-bond acceptors (Lipinski definition) is 6. The molecule has 164 valence electrons. The second kappa shape index (κ2) is 10.9. The molecule has 0 bridgehead atoms. The van der Waals surface area contributed by atoms with Crippen molar-refractivity contribution in [3.63, 3.8) is 0 Å². The Morgan fingerprint density at radius 1 is 1.16 bits per heavy atom. The second-order valence-corrected chi connectivity index (χ2v) is 8.64. The number of benzene rings is 1. The highest BCUT2D eigenvalue weighted by molar-refractivity contribution is 7.19. The summed E-state index contributed by atoms with van der Waals surface area (Å²) in [5.41, 5.74) is 2.25. The summed E-state index contributed by atoms with van der Waals surface area (Å²) in [6.07, 6.45) is 4.49. The summed E-state index contributed by atoms with van der Waals surface area (Å²) in [5.74, 6) is -0.473. The average Bonchev–Trinajstić information content (AvgIpc) is 3.11. The third-order valence-electron chi connectivity index (χ3n) is 5.08. The first-order valence-electron chi connectivity index (χ1n) is 10.6. The minimum atomic E-state index is -0.982. The van der Waals surface area contributed by atoms with Gasteiger partial charge in [0.25, 0.3) is 0 Å². The minimum Gasteiger partial charge on any atom is -0.480 e. The van der Waals surface area contributed by atoms with Gasteiger partial charge in [0, 0.05) is 23.4 Å². The van der Waals surface area contributed by atoms with E-state index in [0.717, 1.165) is 40.0 Å². The van der Waals surface area contributed by atoms with Gasteiger partial charge in [0.05, 0.1) is 5.39 Å². The molecule has 0 aliphatic rings. The Labute approximate surface area is 185 Å². The minimum absolute atomic E-state index is 0.241. The fourth-order valence-corrected chi connectivity index (χ4v) is 4.53. The number of thiophene rings is 1. The van der Waals surface area contributed by atoms with Gasteiger partial charge in [-0.25, -0.2) is 14.8 Å². The molecule has 1 atom stereocenters. The molecule has 2 aromatic heterocycles. The Kier molecular flexibility index (Phi) is 7.94. The van der Waals surface area contributed by atoms with E-state index in [0.29, 0.717) is 19.4 Å². The number of aromatic nitrogens is 2. The predicted octanol–water partition coefficient (Wildman–Crippen LogP) is 4.62. The zero-order chi connectivity index (χ0) is 22.2. The lowest BCUT2D eigenvalue weighted by molar-refractivity contribution is -0.142. The molecule has 0 spiro atoms. The number of carbonyl (C=O) groups excluding carboxylic acids is 1. The van der Waals surface area contributed by atoms with Crippen LogP contribution < -0.4 is 10.6 Å². The molecule has 8 heteroatoms. The number of aryl methyl sites for hydroxylation is 1. The van der Waals surface area contributed by atoms with Crippen LogP contribution in [-0.2, 0) is 9.59 Å². The van der Waals surface area contributed by atoms with Crippen molar-refractivity contribution in [2.75, 3.05) is 11.9 Å². The van der Waals surface area contributed by atoms with Gasteiger partial charge in [-0.2, -0.15) is 0 Å². The van der Waals surface area contributed by atoms with Crippen LogP contribution in [0.3, 0.4) is 0 Å². The van der Waals surface area contributed by atoms with Crippen LogP contribution in [0.5, 0.6) is 0 Å². The molecule has 3 rings (SSSR count). The lowest BCUT2D eigenvalue weighted by Crippen LogP contribution is -2.40. The van der Waals surface area contributed by atoms with Crippen molar-refractivity contribution in [1.82, 2.24) is 15.3 Å². The average molecular weight is 441 g/mol. The quantitative estimate of drug-likeness (QED) is 0.376. The lowest BCUT2D eigenvalue weighted by atomic mass is 10.0. The maximum atomic E-state index is 12.2. The number of nitrogens with zero attached hydrogens (tertiary/aromatic N) is 2. The van der Waals surface area contributed by atoms with Gasteiger partial charge in [0.1, 0.15) is 23.0 Å². The highest BCUT2D eigenvalue weighted by atomic mass is 32.1. The van der Waals surface area contributed by atoms with Gasteiger partial charge in [-0.05, 0) is 25.3 Å². The first-order valence-corrected chi connectivity index (χ1v) is 11.4. The van der Waals surface area contributed by atoms with Crippen molar-refractivity contribution in [2.45, 2.75) is 52.0 Å². The lowest BCUT2D eigenvalue weighted by Gasteiger charge is -2.14. The Hall–Kier alpha value is -3.00. The van der Waals surface area contributed by atoms with E-state index in [2.05, 4.69) is 39.7 Å². The fraction of sp³-hybridized carbons (Fsp3) is 0.391. The number of carboxylic acid groups (broad SMARTS) is 1. The van der Waals surface area contributed by atoms with Crippen LogP contribution in [0.25, 0.3) is 21.3 Å². The van der Waals surface area contributed by atoms with E-state index in [-0.39, 0.29) is 12.3 Å². The second-order valence-electron chi connectivity index (χ2n) is 7.43. The molecule has 0 saturated carbocycles. The van der Waals surface area contributed by atoms with Gasteiger partial charge in [0.15, 0.2) is 0 Å². The molecule has 1 unspecified atom stereocenters. The molecular weight excluding hydrogens is 412 g/mol. The predicted molar refractivity (Wildman–Crippen MR) is 124 cm³/mol. The van der Waals surface area contributed by atoms with Crippen LogP contribution in [0.4, 0.5) is 5.82 Å². The summed E-state index contributed by atoms with van der Waals surface area (Å²) in [4.78, 5) is 34.4. The van der Waals surface area contributed by atoms with Crippen molar-refractivity contribution in [3.05, 3.63) is 41.5 Å². The van der Waals surface area contributed by atoms with E-state index in [4.69, 9.17) is 0 Å². The molecule has 0 radical (unpaired) electrons. The van der Waals surface area contributed by atoms with Crippen LogP contribution >= 0.6 is 11.3 Å². The number of carboxylic acids is 1. The van der Waals surface area contributed by atoms with Gasteiger partial charge in [0.2, 0.25) is 5.91 Å². The first kappa shape index (κ1) is 22.7. The number of unbranched alkanes of at least 4 members (excludes halogenated alkanes) is 1. The summed E-state index contributed by atoms with van der Waals surface area (Å²) in [7, 11) is 0. The molecular formula is C23H28N4O3S. The zero-order valence-corrected chi connectivity index (χ0v) is 18.7. The molecule has 1 aromatic carbocycles. The topological polar surface area (TPSA) is 104 Å². The zero-order valence-electron chi connectivity index (χ0n) is 17.9. The smallest absolute Gasteiger partial charge is 0.326 e. The molecule has 3 aromatic rings. The Balaban J connectivity index is 1.63. The first-order chi connectivity index (χ1) is 15.0. The molecule has 0 saturated heterocycles. The molecule has 0 aliphatic heterocycles. The maximum Gasteiger partial charge on any atom is 0.326 e. The van der Waals surface area contributed by atoms with E-state index < -0.39 is 12.0 Å². The number of hydrogen-bond donors (Lipinski definition) is 3. The van der Waals surface area contributed by atoms with Crippen molar-refractivity contribution in [3.8, 4) is 11.1 Å². The van der Waals surface area contributed by atoms with E-state index in [1.807, 2.05) is 25.1 Å². The van der Waals surface area contributed by atoms with E-state index in [1.54, 1.807) is 17.7 Å². The van der Waals surface area contributed by atoms with Gasteiger partial charge in [-0.1, -0.05) is 50.1 Å². The molecule has 31 heavy (non-hydrogen) atoms. The fourth-order valence-electron chi connectivity index (χ4n) is 3.52. The van der Waals surface area contributed by atoms with Crippen LogP contribution in [0.15, 0.2) is 36.7 Å². The number of amides is 1. The molecule has 1 amide bonds. The van der Waals surface area contributed by atoms with Gasteiger partial charge < -0.3 is 15.7 Å². The summed E-state index contributed by atoms with van der Waals surface area (Å²) in [5, 5.41) is 16.2. The SMILES string of the molecule is CCCCC(NC(=O)CCCNc1ncnc2sc(C)c(-c3ccccc3)c12)C(=O)O. The number of fused-ring (bicyclic) bond motifs is 1. The number of aliphatic carboxylic acids is 1. The van der Waals surface area contributed by atoms with E-state index in [9.17, 15) is 14.7 Å². The summed E-state index contributed by atoms with van der Waals surface area (Å²) in [6.45, 7) is 4.63. The highest BCUT2D eigenvalue weighted by Gasteiger charge is 2.19. The van der Waals surface area contributed by atoms with Gasteiger partial charge in [-0.3, -0.25) is 4.79 Å². The summed E-state index contributed by atoms with van der Waals surface area (Å²) in [6, 6.07) is 9.35. The van der Waals surface area contributed by atoms with Crippen molar-refractivity contribution in [2.24, 2.45) is 0 Å². The van der Waals surface area contributed by atoms with E-state index in [1.165, 1.54) is 4.88 Å². The number of rotatable bonds is 11. The van der Waals surface area contributed by atoms with Crippen LogP contribution in [0.2, 0.25) is 0 Å². The molecule has 7 nitrogen and oxygen atoms in total.